The molecule has 2 saturated heterocycles. The van der Waals surface area contributed by atoms with Crippen LogP contribution in [0, 0.1) is 23.7 Å². The van der Waals surface area contributed by atoms with Crippen LogP contribution in [0.15, 0.2) is 6.33 Å². The molecule has 2 aromatic rings. The number of carbonyl (C=O) groups excluding carboxylic acids is 2. The van der Waals surface area contributed by atoms with Crippen LogP contribution >= 0.6 is 0 Å². The third kappa shape index (κ3) is 5.78. The van der Waals surface area contributed by atoms with Gasteiger partial charge < -0.3 is 35.6 Å². The summed E-state index contributed by atoms with van der Waals surface area (Å²) in [4.78, 5) is 39.2. The Morgan fingerprint density at radius 1 is 1.18 bits per heavy atom. The largest absolute Gasteiger partial charge is 0.449 e. The van der Waals surface area contributed by atoms with Gasteiger partial charge in [-0.1, -0.05) is 12.3 Å². The Bertz CT molecular complexity index is 1260. The molecule has 0 radical (unpaired) electrons. The number of aliphatic hydroxyl groups excluding tert-OH is 2. The van der Waals surface area contributed by atoms with Gasteiger partial charge in [-0.05, 0) is 50.4 Å². The maximum Gasteiger partial charge on any atom is 0.409 e. The minimum atomic E-state index is -1.42. The summed E-state index contributed by atoms with van der Waals surface area (Å²) in [5.41, 5.74) is 6.67. The number of imidazole rings is 1. The molecular formula is C26H35N7O6. The zero-order chi connectivity index (χ0) is 27.5. The van der Waals surface area contributed by atoms with Gasteiger partial charge in [0, 0.05) is 26.1 Å². The molecule has 5 N–H and O–H groups in total. The summed E-state index contributed by atoms with van der Waals surface area (Å²) in [5, 5.41) is 23.5. The highest BCUT2D eigenvalue weighted by Gasteiger charge is 2.47. The lowest BCUT2D eigenvalue weighted by atomic mass is 9.86. The van der Waals surface area contributed by atoms with Crippen molar-refractivity contribution in [2.75, 3.05) is 32.0 Å². The van der Waals surface area contributed by atoms with Gasteiger partial charge in [-0.2, -0.15) is 0 Å². The molecule has 1 aliphatic carbocycles. The smallest absolute Gasteiger partial charge is 0.409 e. The highest BCUT2D eigenvalue weighted by Crippen LogP contribution is 2.32. The minimum Gasteiger partial charge on any atom is -0.449 e. The summed E-state index contributed by atoms with van der Waals surface area (Å²) in [6, 6.07) is 0. The molecule has 210 valence electrons. The van der Waals surface area contributed by atoms with Gasteiger partial charge in [0.15, 0.2) is 23.8 Å². The fourth-order valence-corrected chi connectivity index (χ4v) is 5.10. The molecule has 1 unspecified atom stereocenters. The number of nitrogens with zero attached hydrogens (tertiary/aromatic N) is 5. The highest BCUT2D eigenvalue weighted by molar-refractivity contribution is 5.83. The number of likely N-dealkylation sites (tertiary alicyclic amines) is 1. The fraction of sp³-hybridized carbons (Fsp3) is 0.654. The molecule has 2 amide bonds. The van der Waals surface area contributed by atoms with Gasteiger partial charge in [-0.3, -0.25) is 9.36 Å². The number of amides is 2. The number of aliphatic hydroxyl groups is 2. The molecule has 3 aliphatic rings. The standard InChI is InChI=1S/C26H35N7O6/c1-2-28-24(36)21-19(34)20(35)25(39-21)33-14-29-18-22(27)30-17(31-23(18)33)8-4-5-15-9-11-32(12-10-15)26(37)38-13-16-6-3-7-16/h14-16,19-21,25,34-35H,2-3,5-7,9-13H2,1H3,(H,28,36)(H2,27,30,31)/t19?,20-,21-,25+/m0/s1. The monoisotopic (exact) mass is 541 g/mol. The second-order valence-corrected chi connectivity index (χ2v) is 10.4. The highest BCUT2D eigenvalue weighted by atomic mass is 16.6. The Morgan fingerprint density at radius 2 is 1.95 bits per heavy atom. The number of hydrogen-bond acceptors (Lipinski definition) is 10. The van der Waals surface area contributed by atoms with Gasteiger partial charge in [-0.25, -0.2) is 19.7 Å². The van der Waals surface area contributed by atoms with Gasteiger partial charge in [0.2, 0.25) is 5.82 Å². The van der Waals surface area contributed by atoms with Gasteiger partial charge in [0.1, 0.15) is 17.7 Å². The SMILES string of the molecule is CCNC(=O)[C@H]1O[C@@H](n2cnc3c(N)nc(C#CCC4CCN(C(=O)OCC5CCC5)CC4)nc32)[C@@H](O)C1O. The lowest BCUT2D eigenvalue weighted by Gasteiger charge is -2.32. The number of hydrogen-bond donors (Lipinski definition) is 4. The molecule has 0 spiro atoms. The van der Waals surface area contributed by atoms with Gasteiger partial charge in [0.05, 0.1) is 12.9 Å². The minimum absolute atomic E-state index is 0.116. The third-order valence-electron chi connectivity index (χ3n) is 7.70. The summed E-state index contributed by atoms with van der Waals surface area (Å²) in [6.07, 6.45) is 1.84. The van der Waals surface area contributed by atoms with Crippen LogP contribution < -0.4 is 11.1 Å². The first-order valence-electron chi connectivity index (χ1n) is 13.6. The number of fused-ring (bicyclic) bond motifs is 1. The Hall–Kier alpha value is -3.47. The maximum atomic E-state index is 12.3. The molecule has 0 bridgehead atoms. The Labute approximate surface area is 226 Å². The molecule has 0 aromatic carbocycles. The zero-order valence-electron chi connectivity index (χ0n) is 22.0. The van der Waals surface area contributed by atoms with Crippen LogP contribution in [0.4, 0.5) is 10.6 Å². The zero-order valence-corrected chi connectivity index (χ0v) is 22.0. The topological polar surface area (TPSA) is 178 Å². The average molecular weight is 542 g/mol. The molecule has 13 heteroatoms. The van der Waals surface area contributed by atoms with Crippen LogP contribution in [0.1, 0.15) is 57.5 Å². The fourth-order valence-electron chi connectivity index (χ4n) is 5.10. The third-order valence-corrected chi connectivity index (χ3v) is 7.70. The Kier molecular flexibility index (Phi) is 8.15. The van der Waals surface area contributed by atoms with Crippen LogP contribution in [0.2, 0.25) is 0 Å². The van der Waals surface area contributed by atoms with Gasteiger partial charge in [0.25, 0.3) is 5.91 Å². The van der Waals surface area contributed by atoms with E-state index in [4.69, 9.17) is 15.2 Å². The van der Waals surface area contributed by atoms with Crippen LogP contribution in [0.3, 0.4) is 0 Å². The summed E-state index contributed by atoms with van der Waals surface area (Å²) in [7, 11) is 0. The van der Waals surface area contributed by atoms with Crippen molar-refractivity contribution >= 4 is 29.0 Å². The van der Waals surface area contributed by atoms with E-state index in [9.17, 15) is 19.8 Å². The predicted molar refractivity (Wildman–Crippen MR) is 139 cm³/mol. The lowest BCUT2D eigenvalue weighted by Crippen LogP contribution is -2.42. The number of aromatic nitrogens is 4. The molecule has 2 aliphatic heterocycles. The number of anilines is 1. The molecule has 1 saturated carbocycles. The molecule has 13 nitrogen and oxygen atoms in total. The van der Waals surface area contributed by atoms with Crippen molar-refractivity contribution in [2.24, 2.45) is 11.8 Å². The number of likely N-dealkylation sites (N-methyl/N-ethyl adjacent to an activating group) is 1. The van der Waals surface area contributed by atoms with Crippen molar-refractivity contribution in [1.29, 1.82) is 0 Å². The molecular weight excluding hydrogens is 506 g/mol. The first-order chi connectivity index (χ1) is 18.9. The molecule has 39 heavy (non-hydrogen) atoms. The van der Waals surface area contributed by atoms with Crippen molar-refractivity contribution in [3.63, 3.8) is 0 Å². The average Bonchev–Trinajstić information content (AvgIpc) is 3.44. The Balaban J connectivity index is 1.21. The molecule has 4 heterocycles. The van der Waals surface area contributed by atoms with E-state index < -0.39 is 30.4 Å². The molecule has 3 fully saturated rings. The second kappa shape index (κ2) is 11.7. The number of nitrogens with one attached hydrogen (secondary N) is 1. The van der Waals surface area contributed by atoms with E-state index in [0.717, 1.165) is 25.7 Å². The van der Waals surface area contributed by atoms with Crippen molar-refractivity contribution in [1.82, 2.24) is 29.7 Å². The van der Waals surface area contributed by atoms with Crippen molar-refractivity contribution in [2.45, 2.75) is 70.0 Å². The van der Waals surface area contributed by atoms with E-state index in [0.29, 0.717) is 50.0 Å². The maximum absolute atomic E-state index is 12.3. The van der Waals surface area contributed by atoms with Gasteiger partial charge in [-0.15, -0.1) is 0 Å². The molecule has 2 aromatic heterocycles. The van der Waals surface area contributed by atoms with Crippen LogP contribution in [0.25, 0.3) is 11.2 Å². The van der Waals surface area contributed by atoms with Crippen LogP contribution in [-0.4, -0.2) is 91.2 Å². The van der Waals surface area contributed by atoms with E-state index in [1.54, 1.807) is 11.8 Å². The number of carbonyl (C=O) groups is 2. The van der Waals surface area contributed by atoms with E-state index >= 15 is 0 Å². The van der Waals surface area contributed by atoms with Crippen molar-refractivity contribution in [3.8, 4) is 11.8 Å². The van der Waals surface area contributed by atoms with E-state index in [-0.39, 0.29) is 23.4 Å². The van der Waals surface area contributed by atoms with E-state index in [1.165, 1.54) is 17.3 Å². The molecule has 5 rings (SSSR count). The second-order valence-electron chi connectivity index (χ2n) is 10.4. The number of ether oxygens (including phenoxy) is 2. The normalized spacial score (nSPS) is 25.7. The first kappa shape index (κ1) is 27.1. The lowest BCUT2D eigenvalue weighted by molar-refractivity contribution is -0.137. The van der Waals surface area contributed by atoms with Crippen LogP contribution in [-0.2, 0) is 14.3 Å². The summed E-state index contributed by atoms with van der Waals surface area (Å²) in [5.74, 6) is 6.74. The number of nitrogens with two attached hydrogens (primary N) is 1. The summed E-state index contributed by atoms with van der Waals surface area (Å²) < 4.78 is 12.6. The number of piperidine rings is 1. The van der Waals surface area contributed by atoms with Gasteiger partial charge >= 0.3 is 6.09 Å². The Morgan fingerprint density at radius 3 is 2.64 bits per heavy atom. The number of nitrogen functional groups attached to an aromatic ring is 1. The van der Waals surface area contributed by atoms with Crippen molar-refractivity contribution < 1.29 is 29.3 Å². The first-order valence-corrected chi connectivity index (χ1v) is 13.6. The summed E-state index contributed by atoms with van der Waals surface area (Å²) >= 11 is 0. The molecule has 4 atom stereocenters. The number of rotatable bonds is 6. The quantitative estimate of drug-likeness (QED) is 0.378. The van der Waals surface area contributed by atoms with Crippen molar-refractivity contribution in [3.05, 3.63) is 12.2 Å². The van der Waals surface area contributed by atoms with E-state index in [2.05, 4.69) is 32.1 Å². The van der Waals surface area contributed by atoms with Crippen LogP contribution in [0.5, 0.6) is 0 Å². The summed E-state index contributed by atoms with van der Waals surface area (Å²) in [6.45, 7) is 3.93. The van der Waals surface area contributed by atoms with E-state index in [1.807, 2.05) is 0 Å². The predicted octanol–water partition coefficient (Wildman–Crippen LogP) is 0.554.